The lowest BCUT2D eigenvalue weighted by atomic mass is 9.95. The summed E-state index contributed by atoms with van der Waals surface area (Å²) in [6.45, 7) is 0. The molecule has 1 saturated carbocycles. The van der Waals surface area contributed by atoms with Crippen LogP contribution in [0.4, 0.5) is 0 Å². The zero-order valence-electron chi connectivity index (χ0n) is 17.3. The molecule has 6 nitrogen and oxygen atoms in total. The molecule has 0 unspecified atom stereocenters. The van der Waals surface area contributed by atoms with Crippen LogP contribution < -0.4 is 5.32 Å². The quantitative estimate of drug-likeness (QED) is 0.510. The van der Waals surface area contributed by atoms with Gasteiger partial charge in [0.25, 0.3) is 0 Å². The first-order valence-corrected chi connectivity index (χ1v) is 12.5. The van der Waals surface area contributed by atoms with Crippen molar-refractivity contribution in [2.45, 2.75) is 56.1 Å². The molecule has 3 aromatic rings. The molecule has 2 amide bonds. The summed E-state index contributed by atoms with van der Waals surface area (Å²) in [7, 11) is 0. The van der Waals surface area contributed by atoms with Crippen molar-refractivity contribution in [3.63, 3.8) is 0 Å². The number of thiophene rings is 1. The van der Waals surface area contributed by atoms with E-state index < -0.39 is 0 Å². The molecule has 1 aliphatic carbocycles. The Morgan fingerprint density at radius 2 is 1.84 bits per heavy atom. The first-order valence-electron chi connectivity index (χ1n) is 10.6. The molecule has 2 heterocycles. The third kappa shape index (κ3) is 6.04. The average molecular weight is 455 g/mol. The summed E-state index contributed by atoms with van der Waals surface area (Å²) in [4.78, 5) is 25.8. The summed E-state index contributed by atoms with van der Waals surface area (Å²) in [6.07, 6.45) is 6.87. The zero-order valence-corrected chi connectivity index (χ0v) is 19.0. The van der Waals surface area contributed by atoms with E-state index in [2.05, 4.69) is 31.5 Å². The normalized spacial score (nSPS) is 14.5. The number of aromatic nitrogens is 3. The van der Waals surface area contributed by atoms with Crippen LogP contribution in [0.5, 0.6) is 0 Å². The van der Waals surface area contributed by atoms with Crippen molar-refractivity contribution in [2.75, 3.05) is 5.75 Å². The van der Waals surface area contributed by atoms with Gasteiger partial charge < -0.3 is 4.57 Å². The molecule has 2 aromatic heterocycles. The number of carbonyl (C=O) groups excluding carboxylic acids is 2. The van der Waals surface area contributed by atoms with Crippen molar-refractivity contribution in [3.8, 4) is 0 Å². The van der Waals surface area contributed by atoms with Crippen LogP contribution in [0, 0.1) is 0 Å². The number of carbonyl (C=O) groups is 2. The Kier molecular flexibility index (Phi) is 7.53. The van der Waals surface area contributed by atoms with Gasteiger partial charge in [-0.1, -0.05) is 67.4 Å². The monoisotopic (exact) mass is 454 g/mol. The SMILES string of the molecule is O=C(CSc1nnc(Cc2cccs2)n1C1CCCCC1)NC(=O)Cc1ccccc1. The molecule has 1 aliphatic rings. The summed E-state index contributed by atoms with van der Waals surface area (Å²) in [5.74, 6) is 0.509. The lowest BCUT2D eigenvalue weighted by molar-refractivity contribution is -0.128. The van der Waals surface area contributed by atoms with Gasteiger partial charge in [0.15, 0.2) is 5.16 Å². The molecule has 8 heteroatoms. The van der Waals surface area contributed by atoms with Crippen LogP contribution in [0.25, 0.3) is 0 Å². The summed E-state index contributed by atoms with van der Waals surface area (Å²) >= 11 is 3.08. The van der Waals surface area contributed by atoms with Crippen LogP contribution in [0.1, 0.15) is 54.4 Å². The fraction of sp³-hybridized carbons (Fsp3) is 0.391. The molecular weight excluding hydrogens is 428 g/mol. The Hall–Kier alpha value is -2.45. The number of hydrogen-bond donors (Lipinski definition) is 1. The van der Waals surface area contributed by atoms with E-state index in [0.29, 0.717) is 6.04 Å². The molecule has 4 rings (SSSR count). The minimum Gasteiger partial charge on any atom is -0.303 e. The molecule has 162 valence electrons. The standard InChI is InChI=1S/C23H26N4O2S2/c28-21(14-17-8-3-1-4-9-17)24-22(29)16-31-23-26-25-20(15-19-12-7-13-30-19)27(23)18-10-5-2-6-11-18/h1,3-4,7-9,12-13,18H,2,5-6,10-11,14-16H2,(H,24,28,29). The number of imide groups is 1. The van der Waals surface area contributed by atoms with Gasteiger partial charge in [-0.15, -0.1) is 21.5 Å². The Morgan fingerprint density at radius 1 is 1.03 bits per heavy atom. The van der Waals surface area contributed by atoms with Gasteiger partial charge in [-0.3, -0.25) is 14.9 Å². The first kappa shape index (κ1) is 21.8. The number of nitrogens with one attached hydrogen (secondary N) is 1. The fourth-order valence-electron chi connectivity index (χ4n) is 3.95. The third-order valence-corrected chi connectivity index (χ3v) is 7.23. The fourth-order valence-corrected chi connectivity index (χ4v) is 5.47. The highest BCUT2D eigenvalue weighted by Crippen LogP contribution is 2.33. The summed E-state index contributed by atoms with van der Waals surface area (Å²) in [5.41, 5.74) is 0.885. The molecule has 0 bridgehead atoms. The Balaban J connectivity index is 1.39. The minimum atomic E-state index is -0.302. The second-order valence-corrected chi connectivity index (χ2v) is 9.71. The molecule has 31 heavy (non-hydrogen) atoms. The third-order valence-electron chi connectivity index (χ3n) is 5.41. The Bertz CT molecular complexity index is 996. The highest BCUT2D eigenvalue weighted by atomic mass is 32.2. The number of amides is 2. The van der Waals surface area contributed by atoms with Crippen molar-refractivity contribution in [1.29, 1.82) is 0 Å². The number of hydrogen-bond acceptors (Lipinski definition) is 6. The Labute approximate surface area is 190 Å². The predicted molar refractivity (Wildman–Crippen MR) is 123 cm³/mol. The molecule has 0 spiro atoms. The molecule has 1 N–H and O–H groups in total. The van der Waals surface area contributed by atoms with Gasteiger partial charge in [0.1, 0.15) is 5.82 Å². The average Bonchev–Trinajstić information content (AvgIpc) is 3.44. The van der Waals surface area contributed by atoms with Gasteiger partial charge in [-0.2, -0.15) is 0 Å². The molecule has 0 atom stereocenters. The lowest BCUT2D eigenvalue weighted by Gasteiger charge is -2.25. The first-order chi connectivity index (χ1) is 15.2. The van der Waals surface area contributed by atoms with Gasteiger partial charge in [0.05, 0.1) is 12.2 Å². The van der Waals surface area contributed by atoms with E-state index in [1.807, 2.05) is 36.4 Å². The van der Waals surface area contributed by atoms with Crippen molar-refractivity contribution in [2.24, 2.45) is 0 Å². The van der Waals surface area contributed by atoms with Gasteiger partial charge >= 0.3 is 0 Å². The van der Waals surface area contributed by atoms with E-state index in [1.165, 1.54) is 35.9 Å². The van der Waals surface area contributed by atoms with Crippen LogP contribution in [0.2, 0.25) is 0 Å². The van der Waals surface area contributed by atoms with Crippen molar-refractivity contribution in [3.05, 3.63) is 64.1 Å². The van der Waals surface area contributed by atoms with E-state index in [0.717, 1.165) is 35.8 Å². The number of rotatable bonds is 8. The molecule has 0 radical (unpaired) electrons. The van der Waals surface area contributed by atoms with Gasteiger partial charge in [0, 0.05) is 17.3 Å². The number of thioether (sulfide) groups is 1. The van der Waals surface area contributed by atoms with Gasteiger partial charge in [-0.25, -0.2) is 0 Å². The van der Waals surface area contributed by atoms with Gasteiger partial charge in [-0.05, 0) is 29.9 Å². The van der Waals surface area contributed by atoms with Crippen molar-refractivity contribution >= 4 is 34.9 Å². The van der Waals surface area contributed by atoms with E-state index in [-0.39, 0.29) is 24.0 Å². The van der Waals surface area contributed by atoms with E-state index in [1.54, 1.807) is 11.3 Å². The van der Waals surface area contributed by atoms with Crippen LogP contribution in [-0.2, 0) is 22.4 Å². The van der Waals surface area contributed by atoms with Crippen molar-refractivity contribution < 1.29 is 9.59 Å². The summed E-state index contributed by atoms with van der Waals surface area (Å²) < 4.78 is 2.24. The second kappa shape index (κ2) is 10.7. The molecule has 1 aromatic carbocycles. The number of nitrogens with zero attached hydrogens (tertiary/aromatic N) is 3. The highest BCUT2D eigenvalue weighted by molar-refractivity contribution is 7.99. The number of benzene rings is 1. The van der Waals surface area contributed by atoms with Crippen LogP contribution in [0.3, 0.4) is 0 Å². The predicted octanol–water partition coefficient (Wildman–Crippen LogP) is 4.41. The molecule has 1 fully saturated rings. The maximum atomic E-state index is 12.4. The summed E-state index contributed by atoms with van der Waals surface area (Å²) in [5, 5.41) is 14.2. The summed E-state index contributed by atoms with van der Waals surface area (Å²) in [6, 6.07) is 14.0. The Morgan fingerprint density at radius 3 is 2.58 bits per heavy atom. The van der Waals surface area contributed by atoms with E-state index >= 15 is 0 Å². The van der Waals surface area contributed by atoms with E-state index in [4.69, 9.17) is 0 Å². The van der Waals surface area contributed by atoms with Crippen LogP contribution in [-0.4, -0.2) is 32.3 Å². The molecule has 0 saturated heterocycles. The lowest BCUT2D eigenvalue weighted by Crippen LogP contribution is -2.33. The topological polar surface area (TPSA) is 76.9 Å². The van der Waals surface area contributed by atoms with Crippen molar-refractivity contribution in [1.82, 2.24) is 20.1 Å². The maximum absolute atomic E-state index is 12.4. The van der Waals surface area contributed by atoms with Gasteiger partial charge in [0.2, 0.25) is 11.8 Å². The molecular formula is C23H26N4O2S2. The maximum Gasteiger partial charge on any atom is 0.237 e. The molecule has 0 aliphatic heterocycles. The van der Waals surface area contributed by atoms with Crippen LogP contribution in [0.15, 0.2) is 53.0 Å². The largest absolute Gasteiger partial charge is 0.303 e. The van der Waals surface area contributed by atoms with Crippen LogP contribution >= 0.6 is 23.1 Å². The van der Waals surface area contributed by atoms with E-state index in [9.17, 15) is 9.59 Å². The highest BCUT2D eigenvalue weighted by Gasteiger charge is 2.24. The smallest absolute Gasteiger partial charge is 0.237 e. The minimum absolute atomic E-state index is 0.143. The second-order valence-electron chi connectivity index (χ2n) is 7.74. The zero-order chi connectivity index (χ0) is 21.5.